The molecule has 0 spiro atoms. The van der Waals surface area contributed by atoms with Gasteiger partial charge in [-0.15, -0.1) is 0 Å². The summed E-state index contributed by atoms with van der Waals surface area (Å²) >= 11 is 0. The second-order valence-corrected chi connectivity index (χ2v) is 8.03. The number of benzene rings is 2. The number of hydrogen-bond acceptors (Lipinski definition) is 5. The number of anilines is 1. The molecule has 0 radical (unpaired) electrons. The third kappa shape index (κ3) is 4.27. The largest absolute Gasteiger partial charge is 0.497 e. The molecule has 2 bridgehead atoms. The molecule has 0 saturated heterocycles. The van der Waals surface area contributed by atoms with Crippen molar-refractivity contribution in [2.24, 2.45) is 17.8 Å². The third-order valence-corrected chi connectivity index (χ3v) is 6.14. The summed E-state index contributed by atoms with van der Waals surface area (Å²) in [5, 5.41) is 3.01. The van der Waals surface area contributed by atoms with E-state index in [9.17, 15) is 9.59 Å². The minimum absolute atomic E-state index is 0.0278. The summed E-state index contributed by atoms with van der Waals surface area (Å²) in [6.45, 7) is 0. The van der Waals surface area contributed by atoms with E-state index in [0.717, 1.165) is 25.0 Å². The molecule has 158 valence electrons. The van der Waals surface area contributed by atoms with Crippen molar-refractivity contribution < 1.29 is 23.8 Å². The second-order valence-electron chi connectivity index (χ2n) is 8.03. The summed E-state index contributed by atoms with van der Waals surface area (Å²) < 4.78 is 16.5. The first-order valence-corrected chi connectivity index (χ1v) is 10.4. The smallest absolute Gasteiger partial charge is 0.227 e. The van der Waals surface area contributed by atoms with Gasteiger partial charge in [-0.1, -0.05) is 6.42 Å². The summed E-state index contributed by atoms with van der Waals surface area (Å²) in [4.78, 5) is 25.2. The van der Waals surface area contributed by atoms with Gasteiger partial charge >= 0.3 is 0 Å². The standard InChI is InChI=1S/C24H27NO5/c1-28-19-7-9-20(10-8-19)30-22-14-18(6-11-21(22)29-2)25-24(27)17-12-15-4-3-5-16(13-17)23(15)26/h6-11,14-17H,3-5,12-13H2,1-2H3,(H,25,27). The summed E-state index contributed by atoms with van der Waals surface area (Å²) in [6, 6.07) is 12.6. The number of rotatable bonds is 6. The highest BCUT2D eigenvalue weighted by Gasteiger charge is 2.41. The lowest BCUT2D eigenvalue weighted by molar-refractivity contribution is -0.136. The zero-order chi connectivity index (χ0) is 21.1. The molecule has 0 heterocycles. The van der Waals surface area contributed by atoms with Crippen molar-refractivity contribution in [3.8, 4) is 23.0 Å². The molecule has 2 saturated carbocycles. The zero-order valence-corrected chi connectivity index (χ0v) is 17.4. The Hall–Kier alpha value is -3.02. The topological polar surface area (TPSA) is 73.9 Å². The van der Waals surface area contributed by atoms with Crippen LogP contribution in [0.15, 0.2) is 42.5 Å². The predicted molar refractivity (Wildman–Crippen MR) is 113 cm³/mol. The molecule has 2 aliphatic carbocycles. The molecule has 30 heavy (non-hydrogen) atoms. The number of nitrogens with one attached hydrogen (secondary N) is 1. The van der Waals surface area contributed by atoms with Crippen molar-refractivity contribution >= 4 is 17.4 Å². The Balaban J connectivity index is 1.47. The fourth-order valence-electron chi connectivity index (χ4n) is 4.54. The van der Waals surface area contributed by atoms with E-state index in [-0.39, 0.29) is 23.7 Å². The summed E-state index contributed by atoms with van der Waals surface area (Å²) in [5.41, 5.74) is 0.645. The van der Waals surface area contributed by atoms with Gasteiger partial charge in [-0.2, -0.15) is 0 Å². The van der Waals surface area contributed by atoms with Gasteiger partial charge in [0.25, 0.3) is 0 Å². The van der Waals surface area contributed by atoms with Crippen LogP contribution in [0.25, 0.3) is 0 Å². The zero-order valence-electron chi connectivity index (χ0n) is 17.4. The van der Waals surface area contributed by atoms with Gasteiger partial charge in [-0.05, 0) is 62.1 Å². The van der Waals surface area contributed by atoms with E-state index in [1.165, 1.54) is 0 Å². The van der Waals surface area contributed by atoms with E-state index in [0.29, 0.717) is 41.6 Å². The van der Waals surface area contributed by atoms with Crippen molar-refractivity contribution in [2.45, 2.75) is 32.1 Å². The maximum absolute atomic E-state index is 12.9. The summed E-state index contributed by atoms with van der Waals surface area (Å²) in [5.74, 6) is 2.78. The highest BCUT2D eigenvalue weighted by molar-refractivity contribution is 5.95. The van der Waals surface area contributed by atoms with Crippen LogP contribution in [0.4, 0.5) is 5.69 Å². The van der Waals surface area contributed by atoms with Gasteiger partial charge in [0.15, 0.2) is 11.5 Å². The Kier molecular flexibility index (Phi) is 5.93. The Morgan fingerprint density at radius 2 is 1.57 bits per heavy atom. The maximum Gasteiger partial charge on any atom is 0.227 e. The normalized spacial score (nSPS) is 22.9. The molecule has 2 aromatic rings. The SMILES string of the molecule is COc1ccc(Oc2cc(NC(=O)C3CC4CCCC(C3)C4=O)ccc2OC)cc1. The van der Waals surface area contributed by atoms with E-state index < -0.39 is 0 Å². The van der Waals surface area contributed by atoms with Gasteiger partial charge in [0.2, 0.25) is 5.91 Å². The number of ether oxygens (including phenoxy) is 3. The van der Waals surface area contributed by atoms with Crippen LogP contribution in [0.5, 0.6) is 23.0 Å². The van der Waals surface area contributed by atoms with Crippen LogP contribution in [0.3, 0.4) is 0 Å². The molecular weight excluding hydrogens is 382 g/mol. The van der Waals surface area contributed by atoms with Crippen LogP contribution in [0.2, 0.25) is 0 Å². The van der Waals surface area contributed by atoms with Crippen LogP contribution in [0, 0.1) is 17.8 Å². The van der Waals surface area contributed by atoms with Gasteiger partial charge < -0.3 is 19.5 Å². The molecule has 6 heteroatoms. The van der Waals surface area contributed by atoms with Gasteiger partial charge in [0.1, 0.15) is 17.3 Å². The average Bonchev–Trinajstić information content (AvgIpc) is 2.74. The minimum Gasteiger partial charge on any atom is -0.497 e. The molecule has 6 nitrogen and oxygen atoms in total. The van der Waals surface area contributed by atoms with E-state index in [2.05, 4.69) is 5.32 Å². The fraction of sp³-hybridized carbons (Fsp3) is 0.417. The number of ketones is 1. The summed E-state index contributed by atoms with van der Waals surface area (Å²) in [7, 11) is 3.19. The lowest BCUT2D eigenvalue weighted by Gasteiger charge is -2.36. The van der Waals surface area contributed by atoms with Crippen molar-refractivity contribution in [3.63, 3.8) is 0 Å². The van der Waals surface area contributed by atoms with Crippen LogP contribution < -0.4 is 19.5 Å². The molecule has 2 fully saturated rings. The Morgan fingerprint density at radius 1 is 0.900 bits per heavy atom. The van der Waals surface area contributed by atoms with Gasteiger partial charge in [0.05, 0.1) is 14.2 Å². The van der Waals surface area contributed by atoms with Gasteiger partial charge in [0, 0.05) is 29.5 Å². The number of fused-ring (bicyclic) bond motifs is 2. The van der Waals surface area contributed by atoms with Crippen LogP contribution in [-0.2, 0) is 9.59 Å². The number of carbonyl (C=O) groups excluding carboxylic acids is 2. The van der Waals surface area contributed by atoms with Crippen molar-refractivity contribution in [1.82, 2.24) is 0 Å². The molecule has 1 N–H and O–H groups in total. The first-order chi connectivity index (χ1) is 14.6. The Labute approximate surface area is 176 Å². The quantitative estimate of drug-likeness (QED) is 0.740. The third-order valence-electron chi connectivity index (χ3n) is 6.14. The fourth-order valence-corrected chi connectivity index (χ4v) is 4.54. The first-order valence-electron chi connectivity index (χ1n) is 10.4. The highest BCUT2D eigenvalue weighted by atomic mass is 16.5. The monoisotopic (exact) mass is 409 g/mol. The number of Topliss-reactive ketones (excluding diaryl/α,β-unsaturated/α-hetero) is 1. The minimum atomic E-state index is -0.119. The number of hydrogen-bond donors (Lipinski definition) is 1. The molecule has 1 amide bonds. The van der Waals surface area contributed by atoms with Crippen molar-refractivity contribution in [2.75, 3.05) is 19.5 Å². The molecule has 2 aliphatic rings. The van der Waals surface area contributed by atoms with Crippen LogP contribution in [0.1, 0.15) is 32.1 Å². The summed E-state index contributed by atoms with van der Waals surface area (Å²) in [6.07, 6.45) is 4.25. The molecule has 0 aliphatic heterocycles. The Morgan fingerprint density at radius 3 is 2.20 bits per heavy atom. The lowest BCUT2D eigenvalue weighted by atomic mass is 9.67. The predicted octanol–water partition coefficient (Wildman–Crippen LogP) is 4.83. The number of carbonyl (C=O) groups is 2. The molecule has 2 unspecified atom stereocenters. The van der Waals surface area contributed by atoms with Gasteiger partial charge in [-0.3, -0.25) is 9.59 Å². The average molecular weight is 409 g/mol. The lowest BCUT2D eigenvalue weighted by Crippen LogP contribution is -2.40. The number of amides is 1. The van der Waals surface area contributed by atoms with Gasteiger partial charge in [-0.25, -0.2) is 0 Å². The van der Waals surface area contributed by atoms with Crippen LogP contribution in [-0.4, -0.2) is 25.9 Å². The van der Waals surface area contributed by atoms with E-state index in [4.69, 9.17) is 14.2 Å². The Bertz CT molecular complexity index is 908. The maximum atomic E-state index is 12.9. The molecule has 2 atom stereocenters. The van der Waals surface area contributed by atoms with Crippen LogP contribution >= 0.6 is 0 Å². The van der Waals surface area contributed by atoms with E-state index in [1.54, 1.807) is 44.6 Å². The van der Waals surface area contributed by atoms with Crippen molar-refractivity contribution in [1.29, 1.82) is 0 Å². The first kappa shape index (κ1) is 20.3. The second kappa shape index (κ2) is 8.78. The number of methoxy groups -OCH3 is 2. The van der Waals surface area contributed by atoms with E-state index in [1.807, 2.05) is 12.1 Å². The van der Waals surface area contributed by atoms with E-state index >= 15 is 0 Å². The molecular formula is C24H27NO5. The molecule has 0 aromatic heterocycles. The molecule has 2 aromatic carbocycles. The molecule has 4 rings (SSSR count). The highest BCUT2D eigenvalue weighted by Crippen LogP contribution is 2.41. The van der Waals surface area contributed by atoms with Crippen molar-refractivity contribution in [3.05, 3.63) is 42.5 Å².